The monoisotopic (exact) mass is 461 g/mol. The summed E-state index contributed by atoms with van der Waals surface area (Å²) in [5.41, 5.74) is 3.44. The predicted octanol–water partition coefficient (Wildman–Crippen LogP) is 4.76. The number of halogens is 2. The van der Waals surface area contributed by atoms with Crippen LogP contribution in [0.4, 0.5) is 4.39 Å². The van der Waals surface area contributed by atoms with Gasteiger partial charge < -0.3 is 4.74 Å². The number of hydrogen-bond donors (Lipinski definition) is 1. The normalized spacial score (nSPS) is 11.4. The number of nitrogens with one attached hydrogen (secondary N) is 1. The van der Waals surface area contributed by atoms with E-state index in [2.05, 4.69) is 4.72 Å². The molecule has 5 nitrogen and oxygen atoms in total. The first-order valence-electron chi connectivity index (χ1n) is 9.44. The molecule has 1 N–H and O–H groups in total. The molecule has 0 spiro atoms. The molecule has 31 heavy (non-hydrogen) atoms. The molecule has 3 aromatic carbocycles. The third kappa shape index (κ3) is 5.50. The van der Waals surface area contributed by atoms with Crippen molar-refractivity contribution in [3.8, 4) is 11.1 Å². The minimum atomic E-state index is -3.78. The average Bonchev–Trinajstić information content (AvgIpc) is 2.75. The third-order valence-electron chi connectivity index (χ3n) is 4.84. The fourth-order valence-electron chi connectivity index (χ4n) is 3.05. The van der Waals surface area contributed by atoms with Crippen molar-refractivity contribution in [2.75, 3.05) is 13.7 Å². The zero-order chi connectivity index (χ0) is 22.6. The molecule has 0 radical (unpaired) electrons. The molecule has 162 valence electrons. The molecule has 0 fully saturated rings. The van der Waals surface area contributed by atoms with Crippen LogP contribution < -0.4 is 4.72 Å². The van der Waals surface area contributed by atoms with E-state index in [0.717, 1.165) is 16.7 Å². The van der Waals surface area contributed by atoms with Gasteiger partial charge in [-0.3, -0.25) is 0 Å². The Labute approximate surface area is 185 Å². The van der Waals surface area contributed by atoms with E-state index < -0.39 is 21.8 Å². The molecule has 3 aromatic rings. The Morgan fingerprint density at radius 2 is 1.71 bits per heavy atom. The van der Waals surface area contributed by atoms with Crippen LogP contribution in [0, 0.1) is 12.7 Å². The van der Waals surface area contributed by atoms with Crippen LogP contribution in [0.15, 0.2) is 65.6 Å². The Kier molecular flexibility index (Phi) is 7.10. The van der Waals surface area contributed by atoms with Gasteiger partial charge in [-0.25, -0.2) is 22.3 Å². The van der Waals surface area contributed by atoms with Crippen LogP contribution in [0.3, 0.4) is 0 Å². The molecule has 0 saturated carbocycles. The lowest BCUT2D eigenvalue weighted by molar-refractivity contribution is 0.0599. The van der Waals surface area contributed by atoms with Crippen molar-refractivity contribution in [3.63, 3.8) is 0 Å². The van der Waals surface area contributed by atoms with Crippen LogP contribution in [-0.4, -0.2) is 28.0 Å². The zero-order valence-electron chi connectivity index (χ0n) is 17.0. The number of rotatable bonds is 7. The average molecular weight is 462 g/mol. The van der Waals surface area contributed by atoms with Gasteiger partial charge in [0.15, 0.2) is 0 Å². The molecule has 0 bridgehead atoms. The van der Waals surface area contributed by atoms with Crippen LogP contribution in [0.2, 0.25) is 5.02 Å². The maximum Gasteiger partial charge on any atom is 0.338 e. The fraction of sp³-hybridized carbons (Fsp3) is 0.174. The molecule has 0 saturated heterocycles. The molecule has 3 rings (SSSR count). The first-order valence-corrected chi connectivity index (χ1v) is 11.3. The Hall–Kier alpha value is -2.74. The van der Waals surface area contributed by atoms with Gasteiger partial charge in [-0.05, 0) is 59.9 Å². The van der Waals surface area contributed by atoms with Crippen molar-refractivity contribution in [3.05, 3.63) is 88.2 Å². The molecule has 8 heteroatoms. The van der Waals surface area contributed by atoms with E-state index in [1.165, 1.54) is 25.3 Å². The Bertz CT molecular complexity index is 1210. The number of hydrogen-bond acceptors (Lipinski definition) is 4. The highest BCUT2D eigenvalue weighted by Crippen LogP contribution is 2.25. The molecule has 0 amide bonds. The van der Waals surface area contributed by atoms with Gasteiger partial charge in [0.2, 0.25) is 10.0 Å². The molecule has 0 aliphatic carbocycles. The van der Waals surface area contributed by atoms with Gasteiger partial charge in [0.25, 0.3) is 0 Å². The summed E-state index contributed by atoms with van der Waals surface area (Å²) in [7, 11) is -2.53. The molecule has 0 aliphatic heterocycles. The van der Waals surface area contributed by atoms with Crippen LogP contribution in [0.5, 0.6) is 0 Å². The summed E-state index contributed by atoms with van der Waals surface area (Å²) in [5.74, 6) is -1.06. The van der Waals surface area contributed by atoms with Gasteiger partial charge in [-0.1, -0.05) is 48.0 Å². The van der Waals surface area contributed by atoms with Crippen molar-refractivity contribution < 1.29 is 22.3 Å². The lowest BCUT2D eigenvalue weighted by Crippen LogP contribution is -2.26. The maximum absolute atomic E-state index is 13.3. The van der Waals surface area contributed by atoms with Crippen LogP contribution in [-0.2, 0) is 21.2 Å². The highest BCUT2D eigenvalue weighted by Gasteiger charge is 2.18. The van der Waals surface area contributed by atoms with E-state index in [4.69, 9.17) is 16.3 Å². The summed E-state index contributed by atoms with van der Waals surface area (Å²) < 4.78 is 45.7. The van der Waals surface area contributed by atoms with E-state index >= 15 is 0 Å². The molecule has 0 aromatic heterocycles. The summed E-state index contributed by atoms with van der Waals surface area (Å²) in [6, 6.07) is 16.4. The molecule has 0 atom stereocenters. The van der Waals surface area contributed by atoms with Gasteiger partial charge in [0.05, 0.1) is 22.6 Å². The summed E-state index contributed by atoms with van der Waals surface area (Å²) in [6.45, 7) is 1.89. The fourth-order valence-corrected chi connectivity index (χ4v) is 4.29. The molecule has 0 unspecified atom stereocenters. The van der Waals surface area contributed by atoms with Crippen LogP contribution >= 0.6 is 11.6 Å². The Morgan fingerprint density at radius 3 is 2.35 bits per heavy atom. The topological polar surface area (TPSA) is 72.5 Å². The second kappa shape index (κ2) is 9.60. The van der Waals surface area contributed by atoms with Crippen molar-refractivity contribution in [2.24, 2.45) is 0 Å². The summed E-state index contributed by atoms with van der Waals surface area (Å²) in [6.07, 6.45) is 0.472. The number of methoxy groups -OCH3 is 1. The van der Waals surface area contributed by atoms with E-state index in [1.807, 2.05) is 24.3 Å². The number of sulfonamides is 1. The van der Waals surface area contributed by atoms with Crippen molar-refractivity contribution in [1.82, 2.24) is 4.72 Å². The third-order valence-corrected chi connectivity index (χ3v) is 6.59. The lowest BCUT2D eigenvalue weighted by Gasteiger charge is -2.10. The summed E-state index contributed by atoms with van der Waals surface area (Å²) in [5, 5.41) is 0.0578. The van der Waals surface area contributed by atoms with Gasteiger partial charge in [0, 0.05) is 6.54 Å². The number of benzene rings is 3. The number of aryl methyl sites for hydroxylation is 1. The second-order valence-electron chi connectivity index (χ2n) is 6.94. The zero-order valence-corrected chi connectivity index (χ0v) is 18.6. The number of ether oxygens (including phenoxy) is 1. The smallest absolute Gasteiger partial charge is 0.338 e. The first-order chi connectivity index (χ1) is 14.7. The van der Waals surface area contributed by atoms with Crippen molar-refractivity contribution >= 4 is 27.6 Å². The quantitative estimate of drug-likeness (QED) is 0.515. The molecule has 0 heterocycles. The van der Waals surface area contributed by atoms with Gasteiger partial charge in [-0.2, -0.15) is 0 Å². The number of esters is 1. The predicted molar refractivity (Wildman–Crippen MR) is 118 cm³/mol. The Balaban J connectivity index is 1.65. The van der Waals surface area contributed by atoms with Gasteiger partial charge in [0.1, 0.15) is 5.82 Å². The standard InChI is InChI=1S/C23H21ClFNO4S/c1-15-3-9-19(14-20(15)23(27)30-2)31(28,29)26-12-11-16-4-6-17(7-5-16)18-8-10-22(25)21(24)13-18/h3-10,13-14,26H,11-12H2,1-2H3. The first kappa shape index (κ1) is 22.9. The minimum absolute atomic E-state index is 0.00189. The highest BCUT2D eigenvalue weighted by molar-refractivity contribution is 7.89. The number of carbonyl (C=O) groups excluding carboxylic acids is 1. The number of carbonyl (C=O) groups is 1. The van der Waals surface area contributed by atoms with Crippen LogP contribution in [0.1, 0.15) is 21.5 Å². The van der Waals surface area contributed by atoms with E-state index in [-0.39, 0.29) is 22.0 Å². The van der Waals surface area contributed by atoms with Gasteiger partial charge in [-0.15, -0.1) is 0 Å². The largest absolute Gasteiger partial charge is 0.465 e. The summed E-state index contributed by atoms with van der Waals surface area (Å²) >= 11 is 5.83. The summed E-state index contributed by atoms with van der Waals surface area (Å²) in [4.78, 5) is 11.8. The molecular formula is C23H21ClFNO4S. The van der Waals surface area contributed by atoms with Gasteiger partial charge >= 0.3 is 5.97 Å². The van der Waals surface area contributed by atoms with E-state index in [9.17, 15) is 17.6 Å². The lowest BCUT2D eigenvalue weighted by atomic mass is 10.0. The van der Waals surface area contributed by atoms with Crippen molar-refractivity contribution in [2.45, 2.75) is 18.2 Å². The van der Waals surface area contributed by atoms with E-state index in [1.54, 1.807) is 25.1 Å². The Morgan fingerprint density at radius 1 is 1.03 bits per heavy atom. The SMILES string of the molecule is COC(=O)c1cc(S(=O)(=O)NCCc2ccc(-c3ccc(F)c(Cl)c3)cc2)ccc1C. The minimum Gasteiger partial charge on any atom is -0.465 e. The second-order valence-corrected chi connectivity index (χ2v) is 9.12. The van der Waals surface area contributed by atoms with Crippen LogP contribution in [0.25, 0.3) is 11.1 Å². The highest BCUT2D eigenvalue weighted by atomic mass is 35.5. The van der Waals surface area contributed by atoms with Crippen molar-refractivity contribution in [1.29, 1.82) is 0 Å². The molecule has 0 aliphatic rings. The van der Waals surface area contributed by atoms with E-state index in [0.29, 0.717) is 12.0 Å². The molecular weight excluding hydrogens is 441 g/mol. The maximum atomic E-state index is 13.3.